The Labute approximate surface area is 142 Å². The third kappa shape index (κ3) is 2.41. The summed E-state index contributed by atoms with van der Waals surface area (Å²) in [6.45, 7) is 6.45. The maximum Gasteiger partial charge on any atom is 0.0801 e. The van der Waals surface area contributed by atoms with Crippen molar-refractivity contribution < 1.29 is 0 Å². The van der Waals surface area contributed by atoms with Gasteiger partial charge in [-0.2, -0.15) is 0 Å². The van der Waals surface area contributed by atoms with E-state index in [1.54, 1.807) is 0 Å². The van der Waals surface area contributed by atoms with Gasteiger partial charge in [-0.15, -0.1) is 0 Å². The highest BCUT2D eigenvalue weighted by Gasteiger charge is 2.09. The highest BCUT2D eigenvalue weighted by atomic mass is 14.9. The van der Waals surface area contributed by atoms with Crippen LogP contribution >= 0.6 is 0 Å². The number of pyridine rings is 1. The third-order valence-electron chi connectivity index (χ3n) is 4.55. The summed E-state index contributed by atoms with van der Waals surface area (Å²) >= 11 is 0. The van der Waals surface area contributed by atoms with E-state index in [4.69, 9.17) is 0 Å². The van der Waals surface area contributed by atoms with E-state index < -0.39 is 0 Å². The Hall–Kier alpha value is -2.87. The largest absolute Gasteiger partial charge is 0.355 e. The molecule has 0 fully saturated rings. The Kier molecular flexibility index (Phi) is 3.46. The van der Waals surface area contributed by atoms with E-state index in [0.717, 1.165) is 16.6 Å². The standard InChI is InChI=1S/C22H20N2/c1-14-12-15(2)21(16(3)13-14)24-19-8-4-6-17-9-10-18-7-5-11-23-22(18)20(17)19/h4-13,24H,1-3H3. The van der Waals surface area contributed by atoms with Crippen molar-refractivity contribution in [2.75, 3.05) is 5.32 Å². The average molecular weight is 312 g/mol. The molecule has 0 saturated heterocycles. The van der Waals surface area contributed by atoms with Crippen LogP contribution in [-0.4, -0.2) is 4.98 Å². The molecule has 0 bridgehead atoms. The zero-order valence-electron chi connectivity index (χ0n) is 14.2. The number of benzene rings is 3. The summed E-state index contributed by atoms with van der Waals surface area (Å²) in [5.41, 5.74) is 7.14. The molecule has 1 aromatic heterocycles. The Morgan fingerprint density at radius 3 is 2.29 bits per heavy atom. The van der Waals surface area contributed by atoms with Gasteiger partial charge >= 0.3 is 0 Å². The van der Waals surface area contributed by atoms with E-state index in [2.05, 4.69) is 79.6 Å². The Balaban J connectivity index is 1.96. The van der Waals surface area contributed by atoms with Crippen molar-refractivity contribution >= 4 is 33.1 Å². The second-order valence-electron chi connectivity index (χ2n) is 6.44. The molecule has 24 heavy (non-hydrogen) atoms. The maximum absolute atomic E-state index is 4.63. The van der Waals surface area contributed by atoms with Crippen LogP contribution in [0.25, 0.3) is 21.7 Å². The van der Waals surface area contributed by atoms with E-state index >= 15 is 0 Å². The minimum absolute atomic E-state index is 1.04. The van der Waals surface area contributed by atoms with Gasteiger partial charge in [-0.05, 0) is 49.4 Å². The topological polar surface area (TPSA) is 24.9 Å². The zero-order chi connectivity index (χ0) is 16.7. The highest BCUT2D eigenvalue weighted by molar-refractivity contribution is 6.12. The van der Waals surface area contributed by atoms with Gasteiger partial charge < -0.3 is 5.32 Å². The second kappa shape index (κ2) is 5.64. The summed E-state index contributed by atoms with van der Waals surface area (Å²) in [4.78, 5) is 4.63. The summed E-state index contributed by atoms with van der Waals surface area (Å²) in [7, 11) is 0. The molecule has 2 nitrogen and oxygen atoms in total. The highest BCUT2D eigenvalue weighted by Crippen LogP contribution is 2.34. The predicted molar refractivity (Wildman–Crippen MR) is 103 cm³/mol. The molecular formula is C22H20N2. The number of anilines is 2. The monoisotopic (exact) mass is 312 g/mol. The van der Waals surface area contributed by atoms with Gasteiger partial charge in [0.25, 0.3) is 0 Å². The zero-order valence-corrected chi connectivity index (χ0v) is 14.2. The fourth-order valence-electron chi connectivity index (χ4n) is 3.53. The molecule has 0 saturated carbocycles. The molecule has 3 aromatic carbocycles. The number of aryl methyl sites for hydroxylation is 3. The van der Waals surface area contributed by atoms with Gasteiger partial charge in [-0.1, -0.05) is 48.0 Å². The van der Waals surface area contributed by atoms with Crippen LogP contribution < -0.4 is 5.32 Å². The summed E-state index contributed by atoms with van der Waals surface area (Å²) in [5.74, 6) is 0. The molecule has 1 heterocycles. The van der Waals surface area contributed by atoms with Crippen molar-refractivity contribution in [2.45, 2.75) is 20.8 Å². The summed E-state index contributed by atoms with van der Waals surface area (Å²) in [6.07, 6.45) is 1.86. The molecule has 0 spiro atoms. The molecular weight excluding hydrogens is 292 g/mol. The third-order valence-corrected chi connectivity index (χ3v) is 4.55. The van der Waals surface area contributed by atoms with Crippen molar-refractivity contribution in [1.29, 1.82) is 0 Å². The first kappa shape index (κ1) is 14.7. The first-order chi connectivity index (χ1) is 11.6. The Bertz CT molecular complexity index is 1040. The fraction of sp³-hybridized carbons (Fsp3) is 0.136. The lowest BCUT2D eigenvalue weighted by atomic mass is 10.0. The molecule has 0 amide bonds. The van der Waals surface area contributed by atoms with Gasteiger partial charge in [0, 0.05) is 28.3 Å². The molecule has 0 atom stereocenters. The van der Waals surface area contributed by atoms with Crippen LogP contribution in [0.4, 0.5) is 11.4 Å². The first-order valence-corrected chi connectivity index (χ1v) is 8.25. The number of nitrogens with zero attached hydrogens (tertiary/aromatic N) is 1. The van der Waals surface area contributed by atoms with Gasteiger partial charge in [-0.3, -0.25) is 4.98 Å². The summed E-state index contributed by atoms with van der Waals surface area (Å²) in [6, 6.07) is 19.2. The molecule has 0 aliphatic rings. The fourth-order valence-corrected chi connectivity index (χ4v) is 3.53. The SMILES string of the molecule is Cc1cc(C)c(Nc2cccc3ccc4cccnc4c23)c(C)c1. The molecule has 0 unspecified atom stereocenters. The molecule has 1 N–H and O–H groups in total. The molecule has 0 aliphatic carbocycles. The Morgan fingerprint density at radius 1 is 0.792 bits per heavy atom. The maximum atomic E-state index is 4.63. The van der Waals surface area contributed by atoms with Gasteiger partial charge in [0.05, 0.1) is 5.52 Å². The van der Waals surface area contributed by atoms with Crippen LogP contribution in [0.5, 0.6) is 0 Å². The normalized spacial score (nSPS) is 11.1. The number of aromatic nitrogens is 1. The van der Waals surface area contributed by atoms with E-state index in [9.17, 15) is 0 Å². The number of nitrogens with one attached hydrogen (secondary N) is 1. The van der Waals surface area contributed by atoms with Crippen molar-refractivity contribution in [1.82, 2.24) is 4.98 Å². The molecule has 4 aromatic rings. The van der Waals surface area contributed by atoms with Crippen LogP contribution in [0.2, 0.25) is 0 Å². The van der Waals surface area contributed by atoms with Crippen molar-refractivity contribution in [3.8, 4) is 0 Å². The van der Waals surface area contributed by atoms with Crippen LogP contribution in [0.3, 0.4) is 0 Å². The van der Waals surface area contributed by atoms with Gasteiger partial charge in [0.1, 0.15) is 0 Å². The van der Waals surface area contributed by atoms with Gasteiger partial charge in [0.2, 0.25) is 0 Å². The van der Waals surface area contributed by atoms with Crippen LogP contribution in [-0.2, 0) is 0 Å². The van der Waals surface area contributed by atoms with Crippen LogP contribution in [0, 0.1) is 20.8 Å². The lowest BCUT2D eigenvalue weighted by molar-refractivity contribution is 1.31. The van der Waals surface area contributed by atoms with Crippen LogP contribution in [0.1, 0.15) is 16.7 Å². The van der Waals surface area contributed by atoms with Gasteiger partial charge in [0.15, 0.2) is 0 Å². The minimum atomic E-state index is 1.04. The van der Waals surface area contributed by atoms with Crippen molar-refractivity contribution in [3.63, 3.8) is 0 Å². The summed E-state index contributed by atoms with van der Waals surface area (Å²) < 4.78 is 0. The van der Waals surface area contributed by atoms with Gasteiger partial charge in [-0.25, -0.2) is 0 Å². The number of rotatable bonds is 2. The Morgan fingerprint density at radius 2 is 1.50 bits per heavy atom. The molecule has 0 radical (unpaired) electrons. The van der Waals surface area contributed by atoms with E-state index in [1.165, 1.54) is 33.2 Å². The number of hydrogen-bond donors (Lipinski definition) is 1. The minimum Gasteiger partial charge on any atom is -0.355 e. The lowest BCUT2D eigenvalue weighted by Gasteiger charge is -2.16. The molecule has 4 rings (SSSR count). The summed E-state index contributed by atoms with van der Waals surface area (Å²) in [5, 5.41) is 7.20. The number of hydrogen-bond acceptors (Lipinski definition) is 2. The molecule has 2 heteroatoms. The van der Waals surface area contributed by atoms with Crippen molar-refractivity contribution in [2.24, 2.45) is 0 Å². The smallest absolute Gasteiger partial charge is 0.0801 e. The first-order valence-electron chi connectivity index (χ1n) is 8.25. The van der Waals surface area contributed by atoms with E-state index in [-0.39, 0.29) is 0 Å². The molecule has 118 valence electrons. The lowest BCUT2D eigenvalue weighted by Crippen LogP contribution is -1.98. The molecule has 0 aliphatic heterocycles. The number of fused-ring (bicyclic) bond motifs is 3. The van der Waals surface area contributed by atoms with E-state index in [1.807, 2.05) is 12.3 Å². The average Bonchev–Trinajstić information content (AvgIpc) is 2.57. The quantitative estimate of drug-likeness (QED) is 0.455. The predicted octanol–water partition coefficient (Wildman–Crippen LogP) is 6.06. The second-order valence-corrected chi connectivity index (χ2v) is 6.44. The van der Waals surface area contributed by atoms with Crippen molar-refractivity contribution in [3.05, 3.63) is 77.5 Å². The van der Waals surface area contributed by atoms with Crippen LogP contribution in [0.15, 0.2) is 60.8 Å². The van der Waals surface area contributed by atoms with E-state index in [0.29, 0.717) is 0 Å².